The molecular formula is C15H23N3O. The molecule has 3 atom stereocenters. The number of nitrogens with zero attached hydrogens (tertiary/aromatic N) is 1. The zero-order valence-electron chi connectivity index (χ0n) is 11.7. The maximum atomic E-state index is 12.6. The molecule has 0 spiro atoms. The maximum absolute atomic E-state index is 12.6. The minimum atomic E-state index is -0.223. The molecule has 0 unspecified atom stereocenters. The highest BCUT2D eigenvalue weighted by atomic mass is 16.2. The summed E-state index contributed by atoms with van der Waals surface area (Å²) in [6.45, 7) is 6.08. The van der Waals surface area contributed by atoms with E-state index in [1.807, 2.05) is 35.2 Å². The van der Waals surface area contributed by atoms with Gasteiger partial charge in [0.25, 0.3) is 0 Å². The van der Waals surface area contributed by atoms with Gasteiger partial charge in [-0.3, -0.25) is 4.79 Å². The zero-order chi connectivity index (χ0) is 13.8. The van der Waals surface area contributed by atoms with Crippen molar-refractivity contribution < 1.29 is 4.79 Å². The lowest BCUT2D eigenvalue weighted by molar-refractivity contribution is -0.134. The fourth-order valence-corrected chi connectivity index (χ4v) is 2.79. The second kappa shape index (κ2) is 6.17. The Hall–Kier alpha value is -1.39. The molecular weight excluding hydrogens is 238 g/mol. The number of nitrogens with one attached hydrogen (secondary N) is 1. The molecule has 3 N–H and O–H groups in total. The van der Waals surface area contributed by atoms with Gasteiger partial charge in [-0.2, -0.15) is 0 Å². The first-order valence-corrected chi connectivity index (χ1v) is 6.91. The first-order chi connectivity index (χ1) is 9.11. The van der Waals surface area contributed by atoms with Gasteiger partial charge in [0.05, 0.1) is 5.92 Å². The molecule has 19 heavy (non-hydrogen) atoms. The van der Waals surface area contributed by atoms with E-state index in [-0.39, 0.29) is 11.8 Å². The molecule has 1 amide bonds. The van der Waals surface area contributed by atoms with Gasteiger partial charge in [0.1, 0.15) is 0 Å². The molecule has 0 bridgehead atoms. The van der Waals surface area contributed by atoms with Crippen molar-refractivity contribution in [3.8, 4) is 0 Å². The molecule has 2 rings (SSSR count). The maximum Gasteiger partial charge on any atom is 0.231 e. The second-order valence-electron chi connectivity index (χ2n) is 5.41. The number of rotatable bonds is 3. The number of hydrogen-bond acceptors (Lipinski definition) is 3. The Morgan fingerprint density at radius 3 is 2.42 bits per heavy atom. The fraction of sp³-hybridized carbons (Fsp3) is 0.533. The third-order valence-electron chi connectivity index (χ3n) is 3.60. The van der Waals surface area contributed by atoms with E-state index in [4.69, 9.17) is 5.73 Å². The minimum absolute atomic E-state index is 0.147. The Labute approximate surface area is 115 Å². The lowest BCUT2D eigenvalue weighted by Gasteiger charge is -2.37. The Morgan fingerprint density at radius 1 is 1.32 bits per heavy atom. The summed E-state index contributed by atoms with van der Waals surface area (Å²) in [4.78, 5) is 14.6. The van der Waals surface area contributed by atoms with Crippen molar-refractivity contribution in [3.63, 3.8) is 0 Å². The first kappa shape index (κ1) is 14.0. The lowest BCUT2D eigenvalue weighted by atomic mass is 9.96. The third-order valence-corrected chi connectivity index (χ3v) is 3.60. The van der Waals surface area contributed by atoms with Gasteiger partial charge < -0.3 is 16.0 Å². The number of nitrogens with two attached hydrogens (primary N) is 1. The van der Waals surface area contributed by atoms with Crippen LogP contribution >= 0.6 is 0 Å². The second-order valence-corrected chi connectivity index (χ2v) is 5.41. The standard InChI is InChI=1S/C15H23N3O/c1-11-9-18(10-12(2)17-11)15(19)14(8-16)13-6-4-3-5-7-13/h3-7,11-12,14,17H,8-10,16H2,1-2H3/t11-,12+,14-/m1/s1. The van der Waals surface area contributed by atoms with Crippen molar-refractivity contribution in [3.05, 3.63) is 35.9 Å². The number of piperazine rings is 1. The summed E-state index contributed by atoms with van der Waals surface area (Å²) in [7, 11) is 0. The third kappa shape index (κ3) is 3.33. The van der Waals surface area contributed by atoms with Crippen LogP contribution in [0.5, 0.6) is 0 Å². The van der Waals surface area contributed by atoms with Gasteiger partial charge in [0.2, 0.25) is 5.91 Å². The fourth-order valence-electron chi connectivity index (χ4n) is 2.79. The smallest absolute Gasteiger partial charge is 0.231 e. The summed E-state index contributed by atoms with van der Waals surface area (Å²) in [5.41, 5.74) is 6.83. The Bertz CT molecular complexity index is 411. The van der Waals surface area contributed by atoms with Crippen molar-refractivity contribution in [2.45, 2.75) is 31.8 Å². The molecule has 1 fully saturated rings. The summed E-state index contributed by atoms with van der Waals surface area (Å²) >= 11 is 0. The molecule has 0 aromatic heterocycles. The average Bonchev–Trinajstić information content (AvgIpc) is 2.39. The monoisotopic (exact) mass is 261 g/mol. The summed E-state index contributed by atoms with van der Waals surface area (Å²) in [6.07, 6.45) is 0. The predicted molar refractivity (Wildman–Crippen MR) is 76.9 cm³/mol. The highest BCUT2D eigenvalue weighted by Crippen LogP contribution is 2.19. The van der Waals surface area contributed by atoms with Gasteiger partial charge in [-0.1, -0.05) is 30.3 Å². The quantitative estimate of drug-likeness (QED) is 0.851. The molecule has 4 heteroatoms. The number of benzene rings is 1. The molecule has 0 aliphatic carbocycles. The minimum Gasteiger partial charge on any atom is -0.339 e. The van der Waals surface area contributed by atoms with Crippen LogP contribution in [0.3, 0.4) is 0 Å². The van der Waals surface area contributed by atoms with Crippen molar-refractivity contribution in [2.75, 3.05) is 19.6 Å². The summed E-state index contributed by atoms with van der Waals surface area (Å²) in [5, 5.41) is 3.44. The van der Waals surface area contributed by atoms with Gasteiger partial charge in [0, 0.05) is 31.7 Å². The van der Waals surface area contributed by atoms with E-state index in [1.165, 1.54) is 0 Å². The van der Waals surface area contributed by atoms with Crippen molar-refractivity contribution in [1.82, 2.24) is 10.2 Å². The average molecular weight is 261 g/mol. The molecule has 104 valence electrons. The predicted octanol–water partition coefficient (Wildman–Crippen LogP) is 0.938. The summed E-state index contributed by atoms with van der Waals surface area (Å²) < 4.78 is 0. The number of hydrogen-bond donors (Lipinski definition) is 2. The molecule has 0 radical (unpaired) electrons. The summed E-state index contributed by atoms with van der Waals surface area (Å²) in [6, 6.07) is 10.5. The van der Waals surface area contributed by atoms with Crippen LogP contribution in [-0.4, -0.2) is 42.5 Å². The van der Waals surface area contributed by atoms with Crippen LogP contribution in [0.15, 0.2) is 30.3 Å². The van der Waals surface area contributed by atoms with E-state index in [1.54, 1.807) is 0 Å². The van der Waals surface area contributed by atoms with Crippen molar-refractivity contribution in [2.24, 2.45) is 5.73 Å². The zero-order valence-corrected chi connectivity index (χ0v) is 11.7. The molecule has 1 heterocycles. The molecule has 0 saturated carbocycles. The van der Waals surface area contributed by atoms with Gasteiger partial charge >= 0.3 is 0 Å². The van der Waals surface area contributed by atoms with Crippen molar-refractivity contribution >= 4 is 5.91 Å². The highest BCUT2D eigenvalue weighted by molar-refractivity contribution is 5.84. The van der Waals surface area contributed by atoms with Gasteiger partial charge in [-0.25, -0.2) is 0 Å². The van der Waals surface area contributed by atoms with E-state index in [2.05, 4.69) is 19.2 Å². The number of amides is 1. The van der Waals surface area contributed by atoms with Crippen LogP contribution in [0.4, 0.5) is 0 Å². The number of carbonyl (C=O) groups is 1. The van der Waals surface area contributed by atoms with E-state index >= 15 is 0 Å². The van der Waals surface area contributed by atoms with E-state index < -0.39 is 0 Å². The van der Waals surface area contributed by atoms with E-state index in [9.17, 15) is 4.79 Å². The van der Waals surface area contributed by atoms with Crippen LogP contribution in [0.1, 0.15) is 25.3 Å². The van der Waals surface area contributed by atoms with Crippen LogP contribution in [0, 0.1) is 0 Å². The van der Waals surface area contributed by atoms with Gasteiger partial charge in [-0.15, -0.1) is 0 Å². The molecule has 1 saturated heterocycles. The molecule has 4 nitrogen and oxygen atoms in total. The molecule has 1 aromatic rings. The summed E-state index contributed by atoms with van der Waals surface area (Å²) in [5.74, 6) is -0.0763. The molecule has 1 aliphatic rings. The van der Waals surface area contributed by atoms with E-state index in [0.29, 0.717) is 18.6 Å². The van der Waals surface area contributed by atoms with Gasteiger partial charge in [0.15, 0.2) is 0 Å². The van der Waals surface area contributed by atoms with Crippen LogP contribution in [-0.2, 0) is 4.79 Å². The molecule has 1 aliphatic heterocycles. The van der Waals surface area contributed by atoms with Crippen LogP contribution in [0.2, 0.25) is 0 Å². The van der Waals surface area contributed by atoms with E-state index in [0.717, 1.165) is 18.7 Å². The Balaban J connectivity index is 2.13. The Kier molecular flexibility index (Phi) is 4.56. The number of carbonyl (C=O) groups excluding carboxylic acids is 1. The Morgan fingerprint density at radius 2 is 1.89 bits per heavy atom. The highest BCUT2D eigenvalue weighted by Gasteiger charge is 2.29. The van der Waals surface area contributed by atoms with Crippen LogP contribution in [0.25, 0.3) is 0 Å². The SMILES string of the molecule is C[C@@H]1CN(C(=O)[C@H](CN)c2ccccc2)C[C@H](C)N1. The first-order valence-electron chi connectivity index (χ1n) is 6.91. The van der Waals surface area contributed by atoms with Gasteiger partial charge in [-0.05, 0) is 19.4 Å². The largest absolute Gasteiger partial charge is 0.339 e. The molecule has 1 aromatic carbocycles. The van der Waals surface area contributed by atoms with Crippen LogP contribution < -0.4 is 11.1 Å². The topological polar surface area (TPSA) is 58.4 Å². The normalized spacial score (nSPS) is 25.1. The van der Waals surface area contributed by atoms with Crippen molar-refractivity contribution in [1.29, 1.82) is 0 Å². The lowest BCUT2D eigenvalue weighted by Crippen LogP contribution is -2.57.